The van der Waals surface area contributed by atoms with Crippen molar-refractivity contribution in [2.75, 3.05) is 14.2 Å². The molecule has 1 heterocycles. The molecule has 0 spiro atoms. The highest BCUT2D eigenvalue weighted by Gasteiger charge is 2.04. The van der Waals surface area contributed by atoms with Crippen molar-refractivity contribution in [1.82, 2.24) is 0 Å². The highest BCUT2D eigenvalue weighted by molar-refractivity contribution is 7.09. The monoisotopic (exact) mass is 276 g/mol. The summed E-state index contributed by atoms with van der Waals surface area (Å²) in [4.78, 5) is 22.7. The zero-order chi connectivity index (χ0) is 13.8. The minimum atomic E-state index is -0.420. The van der Waals surface area contributed by atoms with E-state index in [0.717, 1.165) is 19.8 Å². The van der Waals surface area contributed by atoms with Crippen molar-refractivity contribution in [3.63, 3.8) is 0 Å². The topological polar surface area (TPSA) is 52.6 Å². The number of hydrogen-bond acceptors (Lipinski definition) is 5. The summed E-state index contributed by atoms with van der Waals surface area (Å²) in [7, 11) is 2.66. The largest absolute Gasteiger partial charge is 0.466 e. The first-order chi connectivity index (χ1) is 9.15. The number of methoxy groups -OCH3 is 2. The van der Waals surface area contributed by atoms with Crippen molar-refractivity contribution in [3.8, 4) is 0 Å². The molecule has 2 rings (SSSR count). The molecule has 0 fully saturated rings. The molecule has 0 saturated heterocycles. The summed E-state index contributed by atoms with van der Waals surface area (Å²) in [6.07, 6.45) is 2.84. The maximum absolute atomic E-state index is 11.3. The van der Waals surface area contributed by atoms with E-state index in [-0.39, 0.29) is 0 Å². The molecule has 0 unspecified atom stereocenters. The van der Waals surface area contributed by atoms with Gasteiger partial charge < -0.3 is 9.47 Å². The van der Waals surface area contributed by atoms with E-state index >= 15 is 0 Å². The first kappa shape index (κ1) is 13.3. The van der Waals surface area contributed by atoms with Gasteiger partial charge in [0.05, 0.1) is 14.2 Å². The minimum Gasteiger partial charge on any atom is -0.466 e. The van der Waals surface area contributed by atoms with Gasteiger partial charge in [-0.3, -0.25) is 0 Å². The van der Waals surface area contributed by atoms with E-state index in [4.69, 9.17) is 0 Å². The lowest BCUT2D eigenvalue weighted by atomic mass is 10.2. The lowest BCUT2D eigenvalue weighted by Crippen LogP contribution is -2.04. The van der Waals surface area contributed by atoms with Crippen LogP contribution in [0.4, 0.5) is 0 Å². The Balaban J connectivity index is 2.75. The molecule has 0 aliphatic carbocycles. The summed E-state index contributed by atoms with van der Waals surface area (Å²) in [5.41, 5.74) is 0. The van der Waals surface area contributed by atoms with Gasteiger partial charge in [-0.1, -0.05) is 24.3 Å². The molecule has 0 saturated carbocycles. The Morgan fingerprint density at radius 2 is 1.37 bits per heavy atom. The van der Waals surface area contributed by atoms with Gasteiger partial charge in [0.25, 0.3) is 0 Å². The molecule has 2 aromatic rings. The smallest absolute Gasteiger partial charge is 0.331 e. The van der Waals surface area contributed by atoms with Crippen LogP contribution in [0.2, 0.25) is 0 Å². The van der Waals surface area contributed by atoms with Crippen LogP contribution in [0.1, 0.15) is 0 Å². The van der Waals surface area contributed by atoms with E-state index in [0.29, 0.717) is 0 Å². The number of fused-ring (bicyclic) bond motifs is 1. The van der Waals surface area contributed by atoms with Crippen molar-refractivity contribution >= 4 is 46.2 Å². The van der Waals surface area contributed by atoms with Crippen LogP contribution in [-0.4, -0.2) is 26.2 Å². The lowest BCUT2D eigenvalue weighted by molar-refractivity contribution is -0.134. The van der Waals surface area contributed by atoms with Gasteiger partial charge in [0.1, 0.15) is 0 Å². The number of carbonyl (C=O) groups excluding carboxylic acids is 2. The van der Waals surface area contributed by atoms with E-state index in [1.807, 2.05) is 24.3 Å². The highest BCUT2D eigenvalue weighted by Crippen LogP contribution is 2.07. The van der Waals surface area contributed by atoms with Gasteiger partial charge in [-0.05, 0) is 0 Å². The Morgan fingerprint density at radius 1 is 0.947 bits per heavy atom. The van der Waals surface area contributed by atoms with Crippen LogP contribution < -0.4 is 9.06 Å². The first-order valence-corrected chi connectivity index (χ1v) is 6.34. The minimum absolute atomic E-state index is 0.420. The second-order valence-electron chi connectivity index (χ2n) is 3.71. The molecule has 4 nitrogen and oxygen atoms in total. The normalized spacial score (nSPS) is 12.7. The van der Waals surface area contributed by atoms with Crippen LogP contribution in [-0.2, 0) is 19.1 Å². The molecule has 98 valence electrons. The Morgan fingerprint density at radius 3 is 1.74 bits per heavy atom. The third-order valence-electron chi connectivity index (χ3n) is 2.58. The zero-order valence-corrected chi connectivity index (χ0v) is 11.3. The fourth-order valence-electron chi connectivity index (χ4n) is 1.69. The van der Waals surface area contributed by atoms with Crippen LogP contribution in [0.5, 0.6) is 0 Å². The van der Waals surface area contributed by atoms with Crippen LogP contribution >= 0.6 is 11.3 Å². The fourth-order valence-corrected chi connectivity index (χ4v) is 2.81. The van der Waals surface area contributed by atoms with Crippen LogP contribution in [0.15, 0.2) is 24.3 Å². The Labute approximate surface area is 113 Å². The highest BCUT2D eigenvalue weighted by atomic mass is 32.1. The molecule has 0 atom stereocenters. The maximum Gasteiger partial charge on any atom is 0.331 e. The summed E-state index contributed by atoms with van der Waals surface area (Å²) in [5.74, 6) is -0.840. The van der Waals surface area contributed by atoms with Crippen molar-refractivity contribution < 1.29 is 19.1 Å². The van der Waals surface area contributed by atoms with Crippen molar-refractivity contribution in [3.05, 3.63) is 33.3 Å². The Hall–Kier alpha value is -2.14. The summed E-state index contributed by atoms with van der Waals surface area (Å²) < 4.78 is 10.8. The Kier molecular flexibility index (Phi) is 3.97. The van der Waals surface area contributed by atoms with E-state index < -0.39 is 11.9 Å². The molecular weight excluding hydrogens is 264 g/mol. The number of carbonyl (C=O) groups is 2. The van der Waals surface area contributed by atoms with Crippen molar-refractivity contribution in [2.24, 2.45) is 0 Å². The van der Waals surface area contributed by atoms with Gasteiger partial charge in [0, 0.05) is 32.0 Å². The summed E-state index contributed by atoms with van der Waals surface area (Å²) in [5, 5.41) is 1.82. The number of benzene rings is 1. The van der Waals surface area contributed by atoms with Crippen LogP contribution in [0.25, 0.3) is 22.9 Å². The van der Waals surface area contributed by atoms with Crippen LogP contribution in [0.3, 0.4) is 0 Å². The average Bonchev–Trinajstić information content (AvgIpc) is 2.77. The second-order valence-corrected chi connectivity index (χ2v) is 4.79. The number of hydrogen-bond donors (Lipinski definition) is 0. The quantitative estimate of drug-likeness (QED) is 0.762. The van der Waals surface area contributed by atoms with Gasteiger partial charge in [-0.2, -0.15) is 0 Å². The predicted octanol–water partition coefficient (Wildman–Crippen LogP) is 0.808. The third-order valence-corrected chi connectivity index (χ3v) is 3.69. The zero-order valence-electron chi connectivity index (χ0n) is 10.5. The lowest BCUT2D eigenvalue weighted by Gasteiger charge is -1.90. The Bertz CT molecular complexity index is 680. The summed E-state index contributed by atoms with van der Waals surface area (Å²) >= 11 is 1.35. The molecule has 0 amide bonds. The van der Waals surface area contributed by atoms with Crippen molar-refractivity contribution in [2.45, 2.75) is 0 Å². The summed E-state index contributed by atoms with van der Waals surface area (Å²) in [6, 6.07) is 7.56. The van der Waals surface area contributed by atoms with Gasteiger partial charge in [-0.15, -0.1) is 11.3 Å². The van der Waals surface area contributed by atoms with Gasteiger partial charge in [0.2, 0.25) is 0 Å². The van der Waals surface area contributed by atoms with Gasteiger partial charge in [-0.25, -0.2) is 9.59 Å². The molecule has 0 bridgehead atoms. The number of rotatable bonds is 2. The fraction of sp³-hybridized carbons (Fsp3) is 0.143. The SMILES string of the molecule is COC(=O)C=c1sc(=CC(=O)OC)c2ccccc12. The molecule has 1 aromatic carbocycles. The molecule has 0 radical (unpaired) electrons. The number of esters is 2. The molecule has 19 heavy (non-hydrogen) atoms. The van der Waals surface area contributed by atoms with Crippen molar-refractivity contribution in [1.29, 1.82) is 0 Å². The van der Waals surface area contributed by atoms with E-state index in [9.17, 15) is 9.59 Å². The molecule has 0 N–H and O–H groups in total. The van der Waals surface area contributed by atoms with E-state index in [1.54, 1.807) is 0 Å². The van der Waals surface area contributed by atoms with E-state index in [1.165, 1.54) is 37.7 Å². The number of thiophene rings is 1. The first-order valence-electron chi connectivity index (χ1n) is 5.52. The van der Waals surface area contributed by atoms with Gasteiger partial charge >= 0.3 is 11.9 Å². The molecule has 1 aromatic heterocycles. The predicted molar refractivity (Wildman–Crippen MR) is 74.0 cm³/mol. The maximum atomic E-state index is 11.3. The van der Waals surface area contributed by atoms with Crippen LogP contribution in [0, 0.1) is 0 Å². The molecule has 0 aliphatic rings. The second kappa shape index (κ2) is 5.67. The number of ether oxygens (including phenoxy) is 2. The standard InChI is InChI=1S/C14H12O4S/c1-17-13(15)7-11-9-5-3-4-6-10(9)12(19-11)8-14(16)18-2/h3-8H,1-2H3. The van der Waals surface area contributed by atoms with E-state index in [2.05, 4.69) is 9.47 Å². The third kappa shape index (κ3) is 2.82. The molecular formula is C14H12O4S. The molecule has 0 aliphatic heterocycles. The van der Waals surface area contributed by atoms with Gasteiger partial charge in [0.15, 0.2) is 0 Å². The summed E-state index contributed by atoms with van der Waals surface area (Å²) in [6.45, 7) is 0. The molecule has 5 heteroatoms. The average molecular weight is 276 g/mol.